The Morgan fingerprint density at radius 3 is 2.95 bits per heavy atom. The maximum absolute atomic E-state index is 12.1. The molecule has 1 fully saturated rings. The molecule has 0 bridgehead atoms. The number of nitrogens with zero attached hydrogens (tertiary/aromatic N) is 2. The lowest BCUT2D eigenvalue weighted by Crippen LogP contribution is -2.46. The van der Waals surface area contributed by atoms with E-state index in [1.54, 1.807) is 11.3 Å². The monoisotopic (exact) mass is 290 g/mol. The van der Waals surface area contributed by atoms with Crippen LogP contribution in [0.4, 0.5) is 5.00 Å². The third-order valence-corrected chi connectivity index (χ3v) is 5.07. The maximum Gasteiger partial charge on any atom is 0.239 e. The molecule has 2 N–H and O–H groups in total. The highest BCUT2D eigenvalue weighted by atomic mass is 32.1. The van der Waals surface area contributed by atoms with E-state index in [9.17, 15) is 10.1 Å². The lowest BCUT2D eigenvalue weighted by Gasteiger charge is -2.26. The molecule has 0 aromatic carbocycles. The summed E-state index contributed by atoms with van der Waals surface area (Å²) >= 11 is 1.58. The quantitative estimate of drug-likeness (QED) is 0.870. The van der Waals surface area contributed by atoms with E-state index in [4.69, 9.17) is 0 Å². The molecule has 0 radical (unpaired) electrons. The van der Waals surface area contributed by atoms with Crippen molar-refractivity contribution in [3.8, 4) is 6.07 Å². The van der Waals surface area contributed by atoms with Gasteiger partial charge in [-0.05, 0) is 24.8 Å². The molecule has 0 saturated carbocycles. The fourth-order valence-electron chi connectivity index (χ4n) is 2.85. The fraction of sp³-hybridized carbons (Fsp3) is 0.571. The van der Waals surface area contributed by atoms with Gasteiger partial charge in [0.25, 0.3) is 0 Å². The molecule has 20 heavy (non-hydrogen) atoms. The van der Waals surface area contributed by atoms with Crippen molar-refractivity contribution >= 4 is 22.2 Å². The van der Waals surface area contributed by atoms with Crippen molar-refractivity contribution in [2.24, 2.45) is 0 Å². The predicted molar refractivity (Wildman–Crippen MR) is 79.0 cm³/mol. The first-order chi connectivity index (χ1) is 9.78. The molecular formula is C14H18N4OS. The van der Waals surface area contributed by atoms with Gasteiger partial charge in [0, 0.05) is 31.1 Å². The summed E-state index contributed by atoms with van der Waals surface area (Å²) in [5.74, 6) is -0.0108. The standard InChI is InChI=1S/C14H18N4OS/c15-8-11-10-2-1-3-12(10)20-14(11)17-13(19)9-18-6-4-16-5-7-18/h16H,1-7,9H2,(H,17,19). The van der Waals surface area contributed by atoms with Crippen LogP contribution in [0.25, 0.3) is 0 Å². The van der Waals surface area contributed by atoms with Gasteiger partial charge < -0.3 is 10.6 Å². The molecule has 1 amide bonds. The molecule has 2 heterocycles. The Bertz CT molecular complexity index is 554. The zero-order valence-electron chi connectivity index (χ0n) is 11.4. The number of anilines is 1. The first-order valence-electron chi connectivity index (χ1n) is 7.05. The summed E-state index contributed by atoms with van der Waals surface area (Å²) in [5, 5.41) is 16.2. The summed E-state index contributed by atoms with van der Waals surface area (Å²) in [6.45, 7) is 4.09. The van der Waals surface area contributed by atoms with Gasteiger partial charge in [-0.2, -0.15) is 5.26 Å². The van der Waals surface area contributed by atoms with Crippen LogP contribution in [0.1, 0.15) is 22.4 Å². The summed E-state index contributed by atoms with van der Waals surface area (Å²) in [6, 6.07) is 2.26. The molecule has 2 aliphatic rings. The lowest BCUT2D eigenvalue weighted by atomic mass is 10.1. The Hall–Kier alpha value is -1.42. The molecule has 0 atom stereocenters. The molecular weight excluding hydrogens is 272 g/mol. The molecule has 1 aromatic rings. The van der Waals surface area contributed by atoms with Crippen LogP contribution in [0.3, 0.4) is 0 Å². The predicted octanol–water partition coefficient (Wildman–Crippen LogP) is 0.952. The van der Waals surface area contributed by atoms with Crippen molar-refractivity contribution in [1.29, 1.82) is 5.26 Å². The minimum absolute atomic E-state index is 0.0108. The van der Waals surface area contributed by atoms with Gasteiger partial charge in [0.1, 0.15) is 11.1 Å². The third kappa shape index (κ3) is 2.70. The van der Waals surface area contributed by atoms with E-state index in [-0.39, 0.29) is 5.91 Å². The molecule has 0 spiro atoms. The van der Waals surface area contributed by atoms with E-state index >= 15 is 0 Å². The van der Waals surface area contributed by atoms with E-state index in [2.05, 4.69) is 21.6 Å². The Morgan fingerprint density at radius 1 is 1.40 bits per heavy atom. The highest BCUT2D eigenvalue weighted by Crippen LogP contribution is 2.38. The van der Waals surface area contributed by atoms with Crippen LogP contribution in [0.15, 0.2) is 0 Å². The number of carbonyl (C=O) groups excluding carboxylic acids is 1. The van der Waals surface area contributed by atoms with E-state index in [1.807, 2.05) is 0 Å². The average molecular weight is 290 g/mol. The smallest absolute Gasteiger partial charge is 0.239 e. The highest BCUT2D eigenvalue weighted by molar-refractivity contribution is 7.16. The molecule has 1 aliphatic heterocycles. The lowest BCUT2D eigenvalue weighted by molar-refractivity contribution is -0.117. The van der Waals surface area contributed by atoms with E-state index < -0.39 is 0 Å². The average Bonchev–Trinajstić information content (AvgIpc) is 3.00. The van der Waals surface area contributed by atoms with E-state index in [0.29, 0.717) is 12.1 Å². The van der Waals surface area contributed by atoms with Gasteiger partial charge in [0.05, 0.1) is 12.1 Å². The molecule has 106 valence electrons. The fourth-order valence-corrected chi connectivity index (χ4v) is 4.11. The molecule has 5 nitrogen and oxygen atoms in total. The van der Waals surface area contributed by atoms with Gasteiger partial charge in [-0.3, -0.25) is 9.69 Å². The Labute approximate surface area is 122 Å². The number of thiophene rings is 1. The first-order valence-corrected chi connectivity index (χ1v) is 7.87. The molecule has 6 heteroatoms. The van der Waals surface area contributed by atoms with Gasteiger partial charge in [0.15, 0.2) is 0 Å². The van der Waals surface area contributed by atoms with Gasteiger partial charge >= 0.3 is 0 Å². The number of hydrogen-bond donors (Lipinski definition) is 2. The molecule has 1 aliphatic carbocycles. The van der Waals surface area contributed by atoms with Crippen LogP contribution >= 0.6 is 11.3 Å². The molecule has 0 unspecified atom stereocenters. The second kappa shape index (κ2) is 5.92. The zero-order chi connectivity index (χ0) is 13.9. The molecule has 3 rings (SSSR count). The number of nitrogens with one attached hydrogen (secondary N) is 2. The Morgan fingerprint density at radius 2 is 2.20 bits per heavy atom. The number of piperazine rings is 1. The normalized spacial score (nSPS) is 18.6. The maximum atomic E-state index is 12.1. The van der Waals surface area contributed by atoms with Gasteiger partial charge in [-0.15, -0.1) is 11.3 Å². The SMILES string of the molecule is N#Cc1c(NC(=O)CN2CCNCC2)sc2c1CCC2. The van der Waals surface area contributed by atoms with Crippen LogP contribution in [0, 0.1) is 11.3 Å². The van der Waals surface area contributed by atoms with Crippen molar-refractivity contribution in [1.82, 2.24) is 10.2 Å². The summed E-state index contributed by atoms with van der Waals surface area (Å²) in [7, 11) is 0. The number of fused-ring (bicyclic) bond motifs is 1. The number of rotatable bonds is 3. The number of hydrogen-bond acceptors (Lipinski definition) is 5. The summed E-state index contributed by atoms with van der Waals surface area (Å²) in [5.41, 5.74) is 1.85. The van der Waals surface area contributed by atoms with Crippen LogP contribution in [0.2, 0.25) is 0 Å². The largest absolute Gasteiger partial charge is 0.315 e. The molecule has 1 saturated heterocycles. The third-order valence-electron chi connectivity index (χ3n) is 3.86. The van der Waals surface area contributed by atoms with Crippen molar-refractivity contribution < 1.29 is 4.79 Å². The minimum Gasteiger partial charge on any atom is -0.315 e. The highest BCUT2D eigenvalue weighted by Gasteiger charge is 2.23. The van der Waals surface area contributed by atoms with E-state index in [1.165, 1.54) is 4.88 Å². The molecule has 1 aromatic heterocycles. The van der Waals surface area contributed by atoms with Crippen LogP contribution in [0.5, 0.6) is 0 Å². The first kappa shape index (κ1) is 13.6. The topological polar surface area (TPSA) is 68.2 Å². The van der Waals surface area contributed by atoms with Gasteiger partial charge in [-0.25, -0.2) is 0 Å². The van der Waals surface area contributed by atoms with Crippen molar-refractivity contribution in [2.75, 3.05) is 38.0 Å². The Kier molecular flexibility index (Phi) is 4.01. The van der Waals surface area contributed by atoms with Crippen molar-refractivity contribution in [3.05, 3.63) is 16.0 Å². The zero-order valence-corrected chi connectivity index (χ0v) is 12.2. The number of aryl methyl sites for hydroxylation is 1. The van der Waals surface area contributed by atoms with Crippen LogP contribution < -0.4 is 10.6 Å². The van der Waals surface area contributed by atoms with Gasteiger partial charge in [0.2, 0.25) is 5.91 Å². The summed E-state index contributed by atoms with van der Waals surface area (Å²) in [6.07, 6.45) is 3.15. The number of nitriles is 1. The van der Waals surface area contributed by atoms with Crippen molar-refractivity contribution in [2.45, 2.75) is 19.3 Å². The second-order valence-corrected chi connectivity index (χ2v) is 6.35. The van der Waals surface area contributed by atoms with Gasteiger partial charge in [-0.1, -0.05) is 0 Å². The summed E-state index contributed by atoms with van der Waals surface area (Å²) in [4.78, 5) is 15.5. The van der Waals surface area contributed by atoms with Crippen LogP contribution in [-0.2, 0) is 17.6 Å². The summed E-state index contributed by atoms with van der Waals surface area (Å²) < 4.78 is 0. The number of carbonyl (C=O) groups is 1. The minimum atomic E-state index is -0.0108. The van der Waals surface area contributed by atoms with Crippen molar-refractivity contribution in [3.63, 3.8) is 0 Å². The van der Waals surface area contributed by atoms with E-state index in [0.717, 1.165) is 56.0 Å². The van der Waals surface area contributed by atoms with Crippen LogP contribution in [-0.4, -0.2) is 43.5 Å². The Balaban J connectivity index is 1.65. The second-order valence-electron chi connectivity index (χ2n) is 5.25. The number of amides is 1.